The van der Waals surface area contributed by atoms with Crippen LogP contribution >= 0.6 is 23.5 Å². The molecule has 0 radical (unpaired) electrons. The van der Waals surface area contributed by atoms with Gasteiger partial charge in [0, 0.05) is 30.7 Å². The Hall–Kier alpha value is -2.34. The number of amides is 1. The summed E-state index contributed by atoms with van der Waals surface area (Å²) in [6.45, 7) is 4.99. The van der Waals surface area contributed by atoms with Crippen LogP contribution < -0.4 is 5.32 Å². The molecule has 1 aliphatic rings. The number of anilines is 1. The van der Waals surface area contributed by atoms with Gasteiger partial charge >= 0.3 is 0 Å². The topological polar surface area (TPSA) is 97.2 Å². The van der Waals surface area contributed by atoms with Gasteiger partial charge in [-0.25, -0.2) is 8.42 Å². The summed E-state index contributed by atoms with van der Waals surface area (Å²) in [6.07, 6.45) is 1.78. The molecule has 186 valence electrons. The van der Waals surface area contributed by atoms with Crippen molar-refractivity contribution in [1.29, 1.82) is 0 Å². The van der Waals surface area contributed by atoms with E-state index in [9.17, 15) is 13.2 Å². The normalized spacial score (nSPS) is 15.3. The van der Waals surface area contributed by atoms with Gasteiger partial charge in [0.05, 0.1) is 15.9 Å². The Labute approximate surface area is 214 Å². The highest BCUT2D eigenvalue weighted by Crippen LogP contribution is 2.27. The minimum absolute atomic E-state index is 0.191. The van der Waals surface area contributed by atoms with Gasteiger partial charge in [-0.2, -0.15) is 4.31 Å². The van der Waals surface area contributed by atoms with Crippen LogP contribution in [-0.4, -0.2) is 51.7 Å². The van der Waals surface area contributed by atoms with Gasteiger partial charge in [0.25, 0.3) is 0 Å². The van der Waals surface area contributed by atoms with Gasteiger partial charge in [-0.15, -0.1) is 22.0 Å². The number of aryl methyl sites for hydroxylation is 1. The Kier molecular flexibility index (Phi) is 8.20. The third-order valence-electron chi connectivity index (χ3n) is 5.79. The van der Waals surface area contributed by atoms with E-state index in [2.05, 4.69) is 46.7 Å². The molecule has 1 amide bonds. The molecule has 1 aromatic heterocycles. The molecule has 2 aromatic carbocycles. The van der Waals surface area contributed by atoms with Gasteiger partial charge in [-0.05, 0) is 63.1 Å². The molecule has 1 saturated heterocycles. The zero-order valence-corrected chi connectivity index (χ0v) is 22.4. The number of thioether (sulfide) groups is 2. The van der Waals surface area contributed by atoms with Crippen molar-refractivity contribution in [1.82, 2.24) is 19.1 Å². The number of nitrogens with zero attached hydrogens (tertiary/aromatic N) is 4. The standard InChI is InChI=1S/C24H29N5O3S3/c1-17-6-10-20(11-7-17)33-16-22-26-27-24(28(22)3)34-18(2)23(30)25-19-8-12-21(13-9-19)35(31,32)29-14-4-5-15-29/h6-13,18H,4-5,14-16H2,1-3H3,(H,25,30). The monoisotopic (exact) mass is 531 g/mol. The van der Waals surface area contributed by atoms with Crippen LogP contribution in [0.25, 0.3) is 0 Å². The van der Waals surface area contributed by atoms with Crippen molar-refractivity contribution in [3.63, 3.8) is 0 Å². The number of aromatic nitrogens is 3. The van der Waals surface area contributed by atoms with E-state index >= 15 is 0 Å². The van der Waals surface area contributed by atoms with Gasteiger partial charge in [-0.3, -0.25) is 4.79 Å². The highest BCUT2D eigenvalue weighted by Gasteiger charge is 2.27. The average molecular weight is 532 g/mol. The summed E-state index contributed by atoms with van der Waals surface area (Å²) >= 11 is 3.02. The first-order valence-electron chi connectivity index (χ1n) is 11.4. The van der Waals surface area contributed by atoms with Crippen LogP contribution in [0.3, 0.4) is 0 Å². The number of rotatable bonds is 9. The maximum atomic E-state index is 12.7. The lowest BCUT2D eigenvalue weighted by molar-refractivity contribution is -0.115. The second-order valence-electron chi connectivity index (χ2n) is 8.44. The SMILES string of the molecule is Cc1ccc(SCc2nnc(SC(C)C(=O)Nc3ccc(S(=O)(=O)N4CCCC4)cc3)n2C)cc1. The van der Waals surface area contributed by atoms with Crippen LogP contribution in [0.2, 0.25) is 0 Å². The van der Waals surface area contributed by atoms with Crippen molar-refractivity contribution in [3.8, 4) is 0 Å². The first kappa shape index (κ1) is 25.7. The Morgan fingerprint density at radius 1 is 1.06 bits per heavy atom. The quantitative estimate of drug-likeness (QED) is 0.411. The molecule has 0 bridgehead atoms. The fraction of sp³-hybridized carbons (Fsp3) is 0.375. The number of nitrogens with one attached hydrogen (secondary N) is 1. The molecule has 0 aliphatic carbocycles. The molecular weight excluding hydrogens is 502 g/mol. The first-order chi connectivity index (χ1) is 16.7. The van der Waals surface area contributed by atoms with Gasteiger partial charge in [-0.1, -0.05) is 29.5 Å². The van der Waals surface area contributed by atoms with Crippen molar-refractivity contribution in [2.75, 3.05) is 18.4 Å². The maximum Gasteiger partial charge on any atom is 0.243 e. The third kappa shape index (κ3) is 6.27. The second kappa shape index (κ2) is 11.2. The summed E-state index contributed by atoms with van der Waals surface area (Å²) in [5.74, 6) is 1.32. The van der Waals surface area contributed by atoms with E-state index in [1.165, 1.54) is 26.5 Å². The number of carbonyl (C=O) groups is 1. The fourth-order valence-corrected chi connectivity index (χ4v) is 6.83. The van der Waals surface area contributed by atoms with Gasteiger partial charge in [0.1, 0.15) is 5.82 Å². The summed E-state index contributed by atoms with van der Waals surface area (Å²) in [7, 11) is -1.57. The molecule has 1 unspecified atom stereocenters. The predicted molar refractivity (Wildman–Crippen MR) is 140 cm³/mol. The minimum atomic E-state index is -3.47. The molecule has 1 aliphatic heterocycles. The largest absolute Gasteiger partial charge is 0.325 e. The number of hydrogen-bond donors (Lipinski definition) is 1. The van der Waals surface area contributed by atoms with Crippen LogP contribution in [0.15, 0.2) is 63.5 Å². The van der Waals surface area contributed by atoms with Gasteiger partial charge in [0.15, 0.2) is 5.16 Å². The lowest BCUT2D eigenvalue weighted by atomic mass is 10.2. The summed E-state index contributed by atoms with van der Waals surface area (Å²) < 4.78 is 28.8. The average Bonchev–Trinajstić information content (AvgIpc) is 3.51. The first-order valence-corrected chi connectivity index (χ1v) is 14.7. The fourth-order valence-electron chi connectivity index (χ4n) is 3.60. The Morgan fingerprint density at radius 3 is 2.37 bits per heavy atom. The molecule has 0 spiro atoms. The molecule has 4 rings (SSSR count). The molecular formula is C24H29N5O3S3. The van der Waals surface area contributed by atoms with Crippen molar-refractivity contribution in [3.05, 3.63) is 59.9 Å². The summed E-state index contributed by atoms with van der Waals surface area (Å²) in [5, 5.41) is 11.7. The summed E-state index contributed by atoms with van der Waals surface area (Å²) in [6, 6.07) is 14.7. The number of benzene rings is 2. The third-order valence-corrected chi connectivity index (χ3v) is 9.84. The predicted octanol–water partition coefficient (Wildman–Crippen LogP) is 4.32. The van der Waals surface area contributed by atoms with Crippen molar-refractivity contribution in [2.45, 2.75) is 52.6 Å². The number of hydrogen-bond acceptors (Lipinski definition) is 7. The molecule has 8 nitrogen and oxygen atoms in total. The highest BCUT2D eigenvalue weighted by atomic mass is 32.2. The summed E-state index contributed by atoms with van der Waals surface area (Å²) in [4.78, 5) is 14.2. The second-order valence-corrected chi connectivity index (χ2v) is 12.7. The lowest BCUT2D eigenvalue weighted by Crippen LogP contribution is -2.27. The number of sulfonamides is 1. The van der Waals surface area contributed by atoms with Gasteiger partial charge < -0.3 is 9.88 Å². The van der Waals surface area contributed by atoms with Crippen LogP contribution in [0.1, 0.15) is 31.2 Å². The van der Waals surface area contributed by atoms with E-state index in [4.69, 9.17) is 0 Å². The van der Waals surface area contributed by atoms with Crippen molar-refractivity contribution in [2.24, 2.45) is 7.05 Å². The van der Waals surface area contributed by atoms with Crippen LogP contribution in [0, 0.1) is 6.92 Å². The summed E-state index contributed by atoms with van der Waals surface area (Å²) in [5.41, 5.74) is 1.78. The Balaban J connectivity index is 1.32. The van der Waals surface area contributed by atoms with E-state index in [1.807, 2.05) is 18.5 Å². The molecule has 3 aromatic rings. The minimum Gasteiger partial charge on any atom is -0.325 e. The molecule has 1 atom stereocenters. The number of carbonyl (C=O) groups excluding carboxylic acids is 1. The molecule has 1 N–H and O–H groups in total. The molecule has 1 fully saturated rings. The zero-order chi connectivity index (χ0) is 25.0. The van der Waals surface area contributed by atoms with E-state index in [0.29, 0.717) is 29.7 Å². The smallest absolute Gasteiger partial charge is 0.243 e. The Morgan fingerprint density at radius 2 is 1.71 bits per heavy atom. The van der Waals surface area contributed by atoms with Crippen molar-refractivity contribution < 1.29 is 13.2 Å². The molecule has 35 heavy (non-hydrogen) atoms. The van der Waals surface area contributed by atoms with E-state index in [-0.39, 0.29) is 10.8 Å². The highest BCUT2D eigenvalue weighted by molar-refractivity contribution is 8.00. The maximum absolute atomic E-state index is 12.7. The van der Waals surface area contributed by atoms with E-state index in [0.717, 1.165) is 18.7 Å². The lowest BCUT2D eigenvalue weighted by Gasteiger charge is -2.16. The van der Waals surface area contributed by atoms with Crippen molar-refractivity contribution >= 4 is 45.1 Å². The van der Waals surface area contributed by atoms with Gasteiger partial charge in [0.2, 0.25) is 15.9 Å². The van der Waals surface area contributed by atoms with E-state index in [1.54, 1.807) is 36.0 Å². The van der Waals surface area contributed by atoms with Crippen LogP contribution in [-0.2, 0) is 27.6 Å². The zero-order valence-electron chi connectivity index (χ0n) is 20.0. The van der Waals surface area contributed by atoms with Crippen LogP contribution in [0.4, 0.5) is 5.69 Å². The Bertz CT molecular complexity index is 1270. The molecule has 2 heterocycles. The molecule has 11 heteroatoms. The van der Waals surface area contributed by atoms with Crippen LogP contribution in [0.5, 0.6) is 0 Å². The van der Waals surface area contributed by atoms with E-state index < -0.39 is 15.3 Å². The molecule has 0 saturated carbocycles.